The van der Waals surface area contributed by atoms with Crippen LogP contribution >= 0.6 is 0 Å². The van der Waals surface area contributed by atoms with Gasteiger partial charge in [0.1, 0.15) is 11.6 Å². The summed E-state index contributed by atoms with van der Waals surface area (Å²) >= 11 is 0. The van der Waals surface area contributed by atoms with Gasteiger partial charge in [-0.05, 0) is 44.9 Å². The Hall–Kier alpha value is -3.32. The number of para-hydroxylation sites is 1. The third-order valence-electron chi connectivity index (χ3n) is 5.35. The molecule has 0 bridgehead atoms. The SMILES string of the molecule is CC[C@H](C)NC(=O)/C(C#N)=C/c1c(C)n(Cc2cccc(C)c2)c2ccccc12. The number of hydrogen-bond donors (Lipinski definition) is 1. The number of benzene rings is 2. The van der Waals surface area contributed by atoms with Crippen molar-refractivity contribution in [1.29, 1.82) is 5.26 Å². The number of aromatic nitrogens is 1. The van der Waals surface area contributed by atoms with Gasteiger partial charge in [-0.15, -0.1) is 0 Å². The number of nitriles is 1. The number of nitrogens with one attached hydrogen (secondary N) is 1. The average molecular weight is 386 g/mol. The van der Waals surface area contributed by atoms with Crippen LogP contribution in [0.5, 0.6) is 0 Å². The van der Waals surface area contributed by atoms with Gasteiger partial charge in [-0.25, -0.2) is 0 Å². The monoisotopic (exact) mass is 385 g/mol. The molecule has 0 aliphatic carbocycles. The maximum absolute atomic E-state index is 12.5. The van der Waals surface area contributed by atoms with Crippen molar-refractivity contribution >= 4 is 22.9 Å². The van der Waals surface area contributed by atoms with Crippen molar-refractivity contribution in [3.8, 4) is 6.07 Å². The zero-order chi connectivity index (χ0) is 21.0. The minimum atomic E-state index is -0.322. The number of aryl methyl sites for hydroxylation is 1. The summed E-state index contributed by atoms with van der Waals surface area (Å²) in [7, 11) is 0. The van der Waals surface area contributed by atoms with Gasteiger partial charge in [-0.2, -0.15) is 5.26 Å². The zero-order valence-corrected chi connectivity index (χ0v) is 17.5. The Labute approximate surface area is 172 Å². The fraction of sp³-hybridized carbons (Fsp3) is 0.280. The molecule has 0 saturated carbocycles. The van der Waals surface area contributed by atoms with Crippen molar-refractivity contribution in [2.75, 3.05) is 0 Å². The minimum absolute atomic E-state index is 0.0306. The van der Waals surface area contributed by atoms with Crippen LogP contribution in [-0.2, 0) is 11.3 Å². The molecule has 0 aliphatic heterocycles. The number of nitrogens with zero attached hydrogens (tertiary/aromatic N) is 2. The highest BCUT2D eigenvalue weighted by Crippen LogP contribution is 2.29. The lowest BCUT2D eigenvalue weighted by molar-refractivity contribution is -0.117. The normalized spacial score (nSPS) is 12.6. The topological polar surface area (TPSA) is 57.8 Å². The summed E-state index contributed by atoms with van der Waals surface area (Å²) in [6.45, 7) is 8.81. The molecule has 0 fully saturated rings. The highest BCUT2D eigenvalue weighted by atomic mass is 16.1. The molecular formula is C25H27N3O. The second kappa shape index (κ2) is 8.79. The van der Waals surface area contributed by atoms with E-state index in [1.807, 2.05) is 39.0 Å². The molecule has 0 aliphatic rings. The minimum Gasteiger partial charge on any atom is -0.349 e. The predicted molar refractivity (Wildman–Crippen MR) is 118 cm³/mol. The van der Waals surface area contributed by atoms with Crippen molar-refractivity contribution in [2.45, 2.75) is 46.7 Å². The van der Waals surface area contributed by atoms with Crippen LogP contribution in [0.2, 0.25) is 0 Å². The summed E-state index contributed by atoms with van der Waals surface area (Å²) in [4.78, 5) is 12.5. The molecule has 3 aromatic rings. The highest BCUT2D eigenvalue weighted by Gasteiger charge is 2.17. The summed E-state index contributed by atoms with van der Waals surface area (Å²) in [6.07, 6.45) is 2.54. The maximum atomic E-state index is 12.5. The first-order valence-electron chi connectivity index (χ1n) is 10.0. The fourth-order valence-corrected chi connectivity index (χ4v) is 3.53. The van der Waals surface area contributed by atoms with Gasteiger partial charge >= 0.3 is 0 Å². The number of rotatable bonds is 6. The molecule has 29 heavy (non-hydrogen) atoms. The van der Waals surface area contributed by atoms with Crippen LogP contribution < -0.4 is 5.32 Å². The van der Waals surface area contributed by atoms with E-state index < -0.39 is 0 Å². The first kappa shape index (κ1) is 20.4. The van der Waals surface area contributed by atoms with Crippen molar-refractivity contribution in [1.82, 2.24) is 9.88 Å². The second-order valence-corrected chi connectivity index (χ2v) is 7.54. The van der Waals surface area contributed by atoms with Crippen molar-refractivity contribution < 1.29 is 4.79 Å². The van der Waals surface area contributed by atoms with E-state index in [0.29, 0.717) is 0 Å². The van der Waals surface area contributed by atoms with Gasteiger partial charge in [0.2, 0.25) is 0 Å². The molecule has 3 rings (SSSR count). The Morgan fingerprint density at radius 3 is 2.66 bits per heavy atom. The Morgan fingerprint density at radius 2 is 1.97 bits per heavy atom. The van der Waals surface area contributed by atoms with Crippen molar-refractivity contribution in [3.63, 3.8) is 0 Å². The number of amides is 1. The Morgan fingerprint density at radius 1 is 1.21 bits per heavy atom. The molecule has 1 atom stereocenters. The van der Waals surface area contributed by atoms with Crippen LogP contribution in [0, 0.1) is 25.2 Å². The zero-order valence-electron chi connectivity index (χ0n) is 17.5. The number of carbonyl (C=O) groups is 1. The lowest BCUT2D eigenvalue weighted by atomic mass is 10.1. The first-order chi connectivity index (χ1) is 13.9. The quantitative estimate of drug-likeness (QED) is 0.472. The molecule has 1 amide bonds. The summed E-state index contributed by atoms with van der Waals surface area (Å²) in [5.74, 6) is -0.322. The molecule has 0 saturated heterocycles. The second-order valence-electron chi connectivity index (χ2n) is 7.54. The summed E-state index contributed by atoms with van der Waals surface area (Å²) in [5.41, 5.74) is 5.63. The van der Waals surface area contributed by atoms with E-state index in [-0.39, 0.29) is 17.5 Å². The van der Waals surface area contributed by atoms with E-state index in [0.717, 1.165) is 35.1 Å². The van der Waals surface area contributed by atoms with Gasteiger partial charge < -0.3 is 9.88 Å². The van der Waals surface area contributed by atoms with Gasteiger partial charge in [0.15, 0.2) is 0 Å². The maximum Gasteiger partial charge on any atom is 0.262 e. The first-order valence-corrected chi connectivity index (χ1v) is 10.0. The van der Waals surface area contributed by atoms with E-state index in [1.165, 1.54) is 11.1 Å². The highest BCUT2D eigenvalue weighted by molar-refractivity contribution is 6.04. The van der Waals surface area contributed by atoms with Crippen LogP contribution in [0.3, 0.4) is 0 Å². The lowest BCUT2D eigenvalue weighted by Crippen LogP contribution is -2.32. The lowest BCUT2D eigenvalue weighted by Gasteiger charge is -2.11. The molecule has 1 N–H and O–H groups in total. The Bertz CT molecular complexity index is 1110. The summed E-state index contributed by atoms with van der Waals surface area (Å²) < 4.78 is 2.25. The van der Waals surface area contributed by atoms with Gasteiger partial charge in [0.25, 0.3) is 5.91 Å². The van der Waals surface area contributed by atoms with Crippen LogP contribution in [0.4, 0.5) is 0 Å². The molecule has 1 heterocycles. The van der Waals surface area contributed by atoms with E-state index in [1.54, 1.807) is 6.08 Å². The van der Waals surface area contributed by atoms with E-state index in [4.69, 9.17) is 0 Å². The van der Waals surface area contributed by atoms with E-state index in [9.17, 15) is 10.1 Å². The fourth-order valence-electron chi connectivity index (χ4n) is 3.53. The third kappa shape index (κ3) is 4.41. The average Bonchev–Trinajstić information content (AvgIpc) is 2.97. The summed E-state index contributed by atoms with van der Waals surface area (Å²) in [6, 6.07) is 18.7. The van der Waals surface area contributed by atoms with Gasteiger partial charge in [0, 0.05) is 34.7 Å². The van der Waals surface area contributed by atoms with Crippen LogP contribution in [0.1, 0.15) is 42.7 Å². The van der Waals surface area contributed by atoms with Crippen molar-refractivity contribution in [2.24, 2.45) is 0 Å². The molecule has 4 nitrogen and oxygen atoms in total. The molecular weight excluding hydrogens is 358 g/mol. The molecule has 0 spiro atoms. The van der Waals surface area contributed by atoms with Gasteiger partial charge in [0.05, 0.1) is 0 Å². The standard InChI is InChI=1S/C25H27N3O/c1-5-18(3)27-25(29)21(15-26)14-23-19(4)28(24-12-7-6-11-22(23)24)16-20-10-8-9-17(2)13-20/h6-14,18H,5,16H2,1-4H3,(H,27,29)/b21-14+/t18-/m0/s1. The van der Waals surface area contributed by atoms with Gasteiger partial charge in [-0.3, -0.25) is 4.79 Å². The van der Waals surface area contributed by atoms with Crippen molar-refractivity contribution in [3.05, 3.63) is 76.5 Å². The molecule has 0 radical (unpaired) electrons. The van der Waals surface area contributed by atoms with Crippen LogP contribution in [-0.4, -0.2) is 16.5 Å². The van der Waals surface area contributed by atoms with E-state index >= 15 is 0 Å². The smallest absolute Gasteiger partial charge is 0.262 e. The summed E-state index contributed by atoms with van der Waals surface area (Å²) in [5, 5.41) is 13.5. The van der Waals surface area contributed by atoms with Gasteiger partial charge in [-0.1, -0.05) is 55.0 Å². The number of hydrogen-bond acceptors (Lipinski definition) is 2. The molecule has 1 aromatic heterocycles. The van der Waals surface area contributed by atoms with Crippen LogP contribution in [0.15, 0.2) is 54.1 Å². The molecule has 148 valence electrons. The Kier molecular flexibility index (Phi) is 6.19. The molecule has 2 aromatic carbocycles. The molecule has 4 heteroatoms. The van der Waals surface area contributed by atoms with Crippen LogP contribution in [0.25, 0.3) is 17.0 Å². The largest absolute Gasteiger partial charge is 0.349 e. The Balaban J connectivity index is 2.08. The number of carbonyl (C=O) groups excluding carboxylic acids is 1. The molecule has 0 unspecified atom stereocenters. The van der Waals surface area contributed by atoms with E-state index in [2.05, 4.69) is 53.2 Å². The third-order valence-corrected chi connectivity index (χ3v) is 5.35. The predicted octanol–water partition coefficient (Wildman–Crippen LogP) is 5.13. The number of fused-ring (bicyclic) bond motifs is 1.